The van der Waals surface area contributed by atoms with Gasteiger partial charge in [0.1, 0.15) is 17.9 Å². The largest absolute Gasteiger partial charge is 0.488 e. The van der Waals surface area contributed by atoms with Gasteiger partial charge in [0.05, 0.1) is 11.6 Å². The highest BCUT2D eigenvalue weighted by Crippen LogP contribution is 2.21. The van der Waals surface area contributed by atoms with Gasteiger partial charge in [-0.1, -0.05) is 48.5 Å². The van der Waals surface area contributed by atoms with Crippen LogP contribution in [0, 0.1) is 11.3 Å². The van der Waals surface area contributed by atoms with Crippen molar-refractivity contribution in [2.45, 2.75) is 19.6 Å². The van der Waals surface area contributed by atoms with E-state index in [2.05, 4.69) is 5.32 Å². The standard InChI is InChI=1S/C24H20N2O4/c1-17(23(27)26-20-11-7-10-19(14-20)15-25)30-24(28)21-12-5-6-13-22(21)29-16-18-8-3-2-4-9-18/h2-14,17H,16H2,1H3,(H,26,27)/t17-/m0/s1. The number of ether oxygens (including phenoxy) is 2. The van der Waals surface area contributed by atoms with E-state index in [4.69, 9.17) is 14.7 Å². The number of nitrogens with zero attached hydrogens (tertiary/aromatic N) is 1. The van der Waals surface area contributed by atoms with Crippen LogP contribution in [0.15, 0.2) is 78.9 Å². The highest BCUT2D eigenvalue weighted by molar-refractivity contribution is 5.98. The highest BCUT2D eigenvalue weighted by atomic mass is 16.5. The number of amides is 1. The molecule has 6 nitrogen and oxygen atoms in total. The van der Waals surface area contributed by atoms with Gasteiger partial charge in [-0.15, -0.1) is 0 Å². The Kier molecular flexibility index (Phi) is 6.80. The van der Waals surface area contributed by atoms with E-state index < -0.39 is 18.0 Å². The lowest BCUT2D eigenvalue weighted by atomic mass is 10.2. The fourth-order valence-corrected chi connectivity index (χ4v) is 2.68. The van der Waals surface area contributed by atoms with Crippen molar-refractivity contribution in [1.82, 2.24) is 0 Å². The third kappa shape index (κ3) is 5.46. The van der Waals surface area contributed by atoms with E-state index in [0.29, 0.717) is 23.6 Å². The molecule has 0 saturated carbocycles. The first-order valence-electron chi connectivity index (χ1n) is 9.34. The first-order valence-corrected chi connectivity index (χ1v) is 9.34. The summed E-state index contributed by atoms with van der Waals surface area (Å²) in [6.45, 7) is 1.78. The molecule has 1 N–H and O–H groups in total. The zero-order chi connectivity index (χ0) is 21.3. The summed E-state index contributed by atoms with van der Waals surface area (Å²) in [6.07, 6.45) is -1.04. The summed E-state index contributed by atoms with van der Waals surface area (Å²) in [5, 5.41) is 11.6. The Bertz CT molecular complexity index is 1070. The fraction of sp³-hybridized carbons (Fsp3) is 0.125. The predicted molar refractivity (Wildman–Crippen MR) is 112 cm³/mol. The minimum atomic E-state index is -1.04. The van der Waals surface area contributed by atoms with Crippen molar-refractivity contribution in [3.8, 4) is 11.8 Å². The maximum atomic E-state index is 12.6. The predicted octanol–water partition coefficient (Wildman–Crippen LogP) is 4.32. The zero-order valence-corrected chi connectivity index (χ0v) is 16.4. The van der Waals surface area contributed by atoms with Crippen LogP contribution in [0.3, 0.4) is 0 Å². The maximum Gasteiger partial charge on any atom is 0.342 e. The summed E-state index contributed by atoms with van der Waals surface area (Å²) >= 11 is 0. The molecule has 0 aliphatic rings. The van der Waals surface area contributed by atoms with Crippen LogP contribution in [0.25, 0.3) is 0 Å². The number of anilines is 1. The molecule has 1 atom stereocenters. The number of nitrogens with one attached hydrogen (secondary N) is 1. The molecular weight excluding hydrogens is 380 g/mol. The number of para-hydroxylation sites is 1. The molecule has 0 unspecified atom stereocenters. The topological polar surface area (TPSA) is 88.4 Å². The van der Waals surface area contributed by atoms with Gasteiger partial charge in [-0.05, 0) is 42.8 Å². The Balaban J connectivity index is 1.63. The van der Waals surface area contributed by atoms with Crippen LogP contribution >= 0.6 is 0 Å². The molecule has 0 aliphatic heterocycles. The minimum Gasteiger partial charge on any atom is -0.488 e. The van der Waals surface area contributed by atoms with Gasteiger partial charge in [-0.25, -0.2) is 4.79 Å². The van der Waals surface area contributed by atoms with Crippen molar-refractivity contribution < 1.29 is 19.1 Å². The maximum absolute atomic E-state index is 12.6. The van der Waals surface area contributed by atoms with Crippen molar-refractivity contribution in [1.29, 1.82) is 5.26 Å². The molecule has 3 aromatic rings. The second-order valence-electron chi connectivity index (χ2n) is 6.50. The molecule has 150 valence electrons. The molecule has 0 bridgehead atoms. The normalized spacial score (nSPS) is 11.1. The lowest BCUT2D eigenvalue weighted by Gasteiger charge is -2.15. The monoisotopic (exact) mass is 400 g/mol. The third-order valence-electron chi connectivity index (χ3n) is 4.26. The van der Waals surface area contributed by atoms with Crippen LogP contribution in [-0.2, 0) is 16.1 Å². The van der Waals surface area contributed by atoms with Crippen LogP contribution in [0.4, 0.5) is 5.69 Å². The Labute approximate surface area is 174 Å². The summed E-state index contributed by atoms with van der Waals surface area (Å²) in [6, 6.07) is 24.8. The van der Waals surface area contributed by atoms with Crippen LogP contribution in [0.5, 0.6) is 5.75 Å². The summed E-state index contributed by atoms with van der Waals surface area (Å²) in [5.74, 6) is -0.783. The second-order valence-corrected chi connectivity index (χ2v) is 6.50. The molecule has 0 aliphatic carbocycles. The Hall–Kier alpha value is -4.11. The van der Waals surface area contributed by atoms with E-state index in [9.17, 15) is 9.59 Å². The number of nitriles is 1. The van der Waals surface area contributed by atoms with Gasteiger partial charge in [0.25, 0.3) is 5.91 Å². The molecule has 3 aromatic carbocycles. The fourth-order valence-electron chi connectivity index (χ4n) is 2.68. The summed E-state index contributed by atoms with van der Waals surface area (Å²) < 4.78 is 11.1. The van der Waals surface area contributed by atoms with Crippen molar-refractivity contribution in [2.24, 2.45) is 0 Å². The minimum absolute atomic E-state index is 0.236. The number of esters is 1. The van der Waals surface area contributed by atoms with E-state index in [1.54, 1.807) is 48.5 Å². The van der Waals surface area contributed by atoms with Crippen LogP contribution in [-0.4, -0.2) is 18.0 Å². The molecule has 0 heterocycles. The Morgan fingerprint density at radius 1 is 1.00 bits per heavy atom. The van der Waals surface area contributed by atoms with E-state index in [1.807, 2.05) is 36.4 Å². The molecule has 6 heteroatoms. The lowest BCUT2D eigenvalue weighted by Crippen LogP contribution is -2.30. The molecule has 0 fully saturated rings. The molecule has 0 spiro atoms. The van der Waals surface area contributed by atoms with E-state index in [1.165, 1.54) is 6.92 Å². The molecule has 0 radical (unpaired) electrons. The van der Waals surface area contributed by atoms with Crippen molar-refractivity contribution in [3.05, 3.63) is 95.6 Å². The zero-order valence-electron chi connectivity index (χ0n) is 16.4. The van der Waals surface area contributed by atoms with Crippen LogP contribution < -0.4 is 10.1 Å². The summed E-state index contributed by atoms with van der Waals surface area (Å²) in [5.41, 5.74) is 2.07. The first-order chi connectivity index (χ1) is 14.6. The second kappa shape index (κ2) is 9.89. The quantitative estimate of drug-likeness (QED) is 0.597. The average molecular weight is 400 g/mol. The van der Waals surface area contributed by atoms with Gasteiger partial charge >= 0.3 is 5.97 Å². The average Bonchev–Trinajstić information content (AvgIpc) is 2.78. The molecule has 1 amide bonds. The SMILES string of the molecule is C[C@H](OC(=O)c1ccccc1OCc1ccccc1)C(=O)Nc1cccc(C#N)c1. The summed E-state index contributed by atoms with van der Waals surface area (Å²) in [4.78, 5) is 25.0. The van der Waals surface area contributed by atoms with Crippen LogP contribution in [0.2, 0.25) is 0 Å². The Morgan fingerprint density at radius 2 is 1.73 bits per heavy atom. The number of carbonyl (C=O) groups is 2. The molecule has 3 rings (SSSR count). The molecule has 0 aromatic heterocycles. The van der Waals surface area contributed by atoms with Gasteiger partial charge in [0.15, 0.2) is 6.10 Å². The number of carbonyl (C=O) groups excluding carboxylic acids is 2. The number of benzene rings is 3. The van der Waals surface area contributed by atoms with E-state index >= 15 is 0 Å². The van der Waals surface area contributed by atoms with E-state index in [-0.39, 0.29) is 5.56 Å². The van der Waals surface area contributed by atoms with Gasteiger partial charge < -0.3 is 14.8 Å². The van der Waals surface area contributed by atoms with E-state index in [0.717, 1.165) is 5.56 Å². The van der Waals surface area contributed by atoms with Gasteiger partial charge in [-0.2, -0.15) is 5.26 Å². The van der Waals surface area contributed by atoms with Crippen molar-refractivity contribution in [3.63, 3.8) is 0 Å². The number of hydrogen-bond donors (Lipinski definition) is 1. The Morgan fingerprint density at radius 3 is 2.50 bits per heavy atom. The third-order valence-corrected chi connectivity index (χ3v) is 4.26. The number of rotatable bonds is 7. The first kappa shape index (κ1) is 20.6. The lowest BCUT2D eigenvalue weighted by molar-refractivity contribution is -0.123. The smallest absolute Gasteiger partial charge is 0.342 e. The van der Waals surface area contributed by atoms with Crippen molar-refractivity contribution >= 4 is 17.6 Å². The molecular formula is C24H20N2O4. The van der Waals surface area contributed by atoms with Crippen molar-refractivity contribution in [2.75, 3.05) is 5.32 Å². The molecule has 30 heavy (non-hydrogen) atoms. The summed E-state index contributed by atoms with van der Waals surface area (Å²) in [7, 11) is 0. The number of hydrogen-bond acceptors (Lipinski definition) is 5. The van der Waals surface area contributed by atoms with Gasteiger partial charge in [-0.3, -0.25) is 4.79 Å². The van der Waals surface area contributed by atoms with Crippen LogP contribution in [0.1, 0.15) is 28.4 Å². The highest BCUT2D eigenvalue weighted by Gasteiger charge is 2.21. The van der Waals surface area contributed by atoms with Gasteiger partial charge in [0.2, 0.25) is 0 Å². The molecule has 0 saturated heterocycles. The van der Waals surface area contributed by atoms with Gasteiger partial charge in [0, 0.05) is 5.69 Å².